The standard InChI is InChI=1S/C19H22N4O2/c1-14-7-8-16(25-14)18-21-19(17-13-20-10-12-24-17)23(22-18)11-9-15-5-3-2-4-6-15/h2-8,17,20H,9-13H2,1H3/t17-/m0/s1. The highest BCUT2D eigenvalue weighted by molar-refractivity contribution is 5.46. The molecule has 1 aromatic carbocycles. The number of morpholine rings is 1. The molecule has 1 fully saturated rings. The molecule has 25 heavy (non-hydrogen) atoms. The van der Waals surface area contributed by atoms with Gasteiger partial charge >= 0.3 is 0 Å². The molecule has 3 heterocycles. The fourth-order valence-electron chi connectivity index (χ4n) is 3.03. The lowest BCUT2D eigenvalue weighted by atomic mass is 10.1. The predicted octanol–water partition coefficient (Wildman–Crippen LogP) is 2.75. The van der Waals surface area contributed by atoms with Gasteiger partial charge in [-0.3, -0.25) is 0 Å². The van der Waals surface area contributed by atoms with Crippen LogP contribution in [0.2, 0.25) is 0 Å². The second-order valence-corrected chi connectivity index (χ2v) is 6.23. The van der Waals surface area contributed by atoms with Crippen LogP contribution in [-0.2, 0) is 17.7 Å². The zero-order chi connectivity index (χ0) is 17.1. The third kappa shape index (κ3) is 3.65. The highest BCUT2D eigenvalue weighted by atomic mass is 16.5. The van der Waals surface area contributed by atoms with Crippen LogP contribution in [-0.4, -0.2) is 34.5 Å². The molecule has 1 N–H and O–H groups in total. The average molecular weight is 338 g/mol. The SMILES string of the molecule is Cc1ccc(-c2nc([C@@H]3CNCCO3)n(CCc3ccccc3)n2)o1. The van der Waals surface area contributed by atoms with E-state index in [9.17, 15) is 0 Å². The van der Waals surface area contributed by atoms with Crippen molar-refractivity contribution in [3.63, 3.8) is 0 Å². The van der Waals surface area contributed by atoms with Crippen molar-refractivity contribution in [3.05, 3.63) is 59.6 Å². The first-order chi connectivity index (χ1) is 12.3. The Labute approximate surface area is 146 Å². The molecule has 0 radical (unpaired) electrons. The molecule has 2 aromatic heterocycles. The third-order valence-electron chi connectivity index (χ3n) is 4.33. The van der Waals surface area contributed by atoms with Gasteiger partial charge in [-0.15, -0.1) is 5.10 Å². The molecule has 6 nitrogen and oxygen atoms in total. The maximum Gasteiger partial charge on any atom is 0.217 e. The Morgan fingerprint density at radius 2 is 2.08 bits per heavy atom. The topological polar surface area (TPSA) is 65.1 Å². The van der Waals surface area contributed by atoms with Crippen molar-refractivity contribution in [1.82, 2.24) is 20.1 Å². The van der Waals surface area contributed by atoms with Crippen LogP contribution in [0.15, 0.2) is 46.9 Å². The molecule has 0 saturated carbocycles. The van der Waals surface area contributed by atoms with Gasteiger partial charge in [-0.2, -0.15) is 0 Å². The molecule has 1 saturated heterocycles. The first kappa shape index (κ1) is 16.1. The van der Waals surface area contributed by atoms with Gasteiger partial charge in [0.15, 0.2) is 11.6 Å². The molecule has 0 aliphatic carbocycles. The molecule has 3 aromatic rings. The van der Waals surface area contributed by atoms with Gasteiger partial charge in [0.25, 0.3) is 0 Å². The molecule has 0 unspecified atom stereocenters. The molecule has 1 aliphatic heterocycles. The lowest BCUT2D eigenvalue weighted by molar-refractivity contribution is 0.0193. The number of nitrogens with one attached hydrogen (secondary N) is 1. The number of aryl methyl sites for hydroxylation is 3. The van der Waals surface area contributed by atoms with E-state index >= 15 is 0 Å². The summed E-state index contributed by atoms with van der Waals surface area (Å²) in [5.41, 5.74) is 1.28. The van der Waals surface area contributed by atoms with E-state index in [0.717, 1.165) is 37.6 Å². The number of rotatable bonds is 5. The third-order valence-corrected chi connectivity index (χ3v) is 4.33. The van der Waals surface area contributed by atoms with E-state index in [4.69, 9.17) is 14.1 Å². The van der Waals surface area contributed by atoms with Crippen LogP contribution in [0.5, 0.6) is 0 Å². The molecule has 130 valence electrons. The highest BCUT2D eigenvalue weighted by Gasteiger charge is 2.24. The second kappa shape index (κ2) is 7.21. The molecule has 0 amide bonds. The molecule has 0 bridgehead atoms. The van der Waals surface area contributed by atoms with E-state index in [-0.39, 0.29) is 6.10 Å². The minimum Gasteiger partial charge on any atom is -0.458 e. The zero-order valence-corrected chi connectivity index (χ0v) is 14.3. The van der Waals surface area contributed by atoms with Crippen LogP contribution < -0.4 is 5.32 Å². The van der Waals surface area contributed by atoms with Crippen LogP contribution in [0.1, 0.15) is 23.3 Å². The summed E-state index contributed by atoms with van der Waals surface area (Å²) in [5, 5.41) is 8.05. The van der Waals surface area contributed by atoms with Gasteiger partial charge in [-0.1, -0.05) is 30.3 Å². The molecular weight excluding hydrogens is 316 g/mol. The van der Waals surface area contributed by atoms with Crippen molar-refractivity contribution in [2.24, 2.45) is 0 Å². The van der Waals surface area contributed by atoms with Crippen molar-refractivity contribution in [1.29, 1.82) is 0 Å². The summed E-state index contributed by atoms with van der Waals surface area (Å²) in [6, 6.07) is 14.3. The summed E-state index contributed by atoms with van der Waals surface area (Å²) in [6.45, 7) is 4.99. The Balaban J connectivity index is 1.61. The van der Waals surface area contributed by atoms with E-state index < -0.39 is 0 Å². The van der Waals surface area contributed by atoms with E-state index in [1.54, 1.807) is 0 Å². The smallest absolute Gasteiger partial charge is 0.217 e. The van der Waals surface area contributed by atoms with E-state index in [0.29, 0.717) is 18.2 Å². The Morgan fingerprint density at radius 3 is 2.80 bits per heavy atom. The van der Waals surface area contributed by atoms with Crippen LogP contribution in [0.3, 0.4) is 0 Å². The van der Waals surface area contributed by atoms with Gasteiger partial charge in [0.2, 0.25) is 5.82 Å². The zero-order valence-electron chi connectivity index (χ0n) is 14.3. The van der Waals surface area contributed by atoms with E-state index in [1.165, 1.54) is 5.56 Å². The molecule has 1 atom stereocenters. The quantitative estimate of drug-likeness (QED) is 0.775. The molecule has 4 rings (SSSR count). The number of hydrogen-bond donors (Lipinski definition) is 1. The number of ether oxygens (including phenoxy) is 1. The summed E-state index contributed by atoms with van der Waals surface area (Å²) in [7, 11) is 0. The Bertz CT molecular complexity index is 819. The van der Waals surface area contributed by atoms with Gasteiger partial charge in [0.05, 0.1) is 6.61 Å². The monoisotopic (exact) mass is 338 g/mol. The first-order valence-corrected chi connectivity index (χ1v) is 8.67. The van der Waals surface area contributed by atoms with Crippen molar-refractivity contribution in [3.8, 4) is 11.6 Å². The van der Waals surface area contributed by atoms with Crippen LogP contribution in [0.25, 0.3) is 11.6 Å². The lowest BCUT2D eigenvalue weighted by Crippen LogP contribution is -2.35. The van der Waals surface area contributed by atoms with Crippen LogP contribution >= 0.6 is 0 Å². The van der Waals surface area contributed by atoms with Gasteiger partial charge in [-0.25, -0.2) is 9.67 Å². The minimum atomic E-state index is -0.0816. The number of aromatic nitrogens is 3. The normalized spacial score (nSPS) is 17.7. The Kier molecular flexibility index (Phi) is 4.63. The fraction of sp³-hybridized carbons (Fsp3) is 0.368. The number of nitrogens with zero attached hydrogens (tertiary/aromatic N) is 3. The van der Waals surface area contributed by atoms with Crippen molar-refractivity contribution in [2.75, 3.05) is 19.7 Å². The van der Waals surface area contributed by atoms with Crippen LogP contribution in [0, 0.1) is 6.92 Å². The predicted molar refractivity (Wildman–Crippen MR) is 94.2 cm³/mol. The maximum atomic E-state index is 5.89. The largest absolute Gasteiger partial charge is 0.458 e. The van der Waals surface area contributed by atoms with Crippen LogP contribution in [0.4, 0.5) is 0 Å². The fourth-order valence-corrected chi connectivity index (χ4v) is 3.03. The van der Waals surface area contributed by atoms with Crippen molar-refractivity contribution < 1.29 is 9.15 Å². The van der Waals surface area contributed by atoms with Gasteiger partial charge in [0, 0.05) is 19.6 Å². The number of benzene rings is 1. The van der Waals surface area contributed by atoms with Gasteiger partial charge in [0.1, 0.15) is 11.9 Å². The second-order valence-electron chi connectivity index (χ2n) is 6.23. The maximum absolute atomic E-state index is 5.89. The Hall–Kier alpha value is -2.44. The van der Waals surface area contributed by atoms with Crippen molar-refractivity contribution in [2.45, 2.75) is 26.0 Å². The Morgan fingerprint density at radius 1 is 1.20 bits per heavy atom. The first-order valence-electron chi connectivity index (χ1n) is 8.67. The summed E-state index contributed by atoms with van der Waals surface area (Å²) >= 11 is 0. The van der Waals surface area contributed by atoms with Gasteiger partial charge in [-0.05, 0) is 31.0 Å². The van der Waals surface area contributed by atoms with Gasteiger partial charge < -0.3 is 14.5 Å². The van der Waals surface area contributed by atoms with E-state index in [1.807, 2.05) is 29.8 Å². The molecular formula is C19H22N4O2. The summed E-state index contributed by atoms with van der Waals surface area (Å²) < 4.78 is 13.5. The molecule has 0 spiro atoms. The minimum absolute atomic E-state index is 0.0816. The summed E-state index contributed by atoms with van der Waals surface area (Å²) in [6.07, 6.45) is 0.815. The number of hydrogen-bond acceptors (Lipinski definition) is 5. The number of furan rings is 1. The summed E-state index contributed by atoms with van der Waals surface area (Å²) in [5.74, 6) is 3.02. The molecule has 1 aliphatic rings. The molecule has 6 heteroatoms. The van der Waals surface area contributed by atoms with E-state index in [2.05, 4.69) is 34.7 Å². The van der Waals surface area contributed by atoms with Crippen molar-refractivity contribution >= 4 is 0 Å². The summed E-state index contributed by atoms with van der Waals surface area (Å²) in [4.78, 5) is 4.72. The lowest BCUT2D eigenvalue weighted by Gasteiger charge is -2.23. The average Bonchev–Trinajstić information content (AvgIpc) is 3.28. The highest BCUT2D eigenvalue weighted by Crippen LogP contribution is 2.23.